The van der Waals surface area contributed by atoms with E-state index in [4.69, 9.17) is 27.9 Å². The second-order valence-corrected chi connectivity index (χ2v) is 9.98. The van der Waals surface area contributed by atoms with E-state index in [0.29, 0.717) is 5.56 Å². The summed E-state index contributed by atoms with van der Waals surface area (Å²) in [6.45, 7) is 5.36. The van der Waals surface area contributed by atoms with Crippen molar-refractivity contribution in [3.05, 3.63) is 75.7 Å². The van der Waals surface area contributed by atoms with Crippen molar-refractivity contribution in [2.24, 2.45) is 5.41 Å². The Bertz CT molecular complexity index is 1260. The van der Waals surface area contributed by atoms with Crippen LogP contribution < -0.4 is 10.1 Å². The molecule has 0 aliphatic heterocycles. The summed E-state index contributed by atoms with van der Waals surface area (Å²) in [5, 5.41) is 26.9. The van der Waals surface area contributed by atoms with Crippen molar-refractivity contribution in [1.82, 2.24) is 15.1 Å². The van der Waals surface area contributed by atoms with Crippen LogP contribution in [0.4, 0.5) is 4.39 Å². The molecule has 192 valence electrons. The molecule has 0 aliphatic rings. The van der Waals surface area contributed by atoms with Gasteiger partial charge in [-0.25, -0.2) is 4.39 Å². The van der Waals surface area contributed by atoms with Gasteiger partial charge < -0.3 is 20.3 Å². The summed E-state index contributed by atoms with van der Waals surface area (Å²) < 4.78 is 21.4. The lowest BCUT2D eigenvalue weighted by Crippen LogP contribution is -2.32. The Morgan fingerprint density at radius 3 is 2.50 bits per heavy atom. The van der Waals surface area contributed by atoms with E-state index in [-0.39, 0.29) is 33.9 Å². The zero-order valence-electron chi connectivity index (χ0n) is 19.8. The number of aliphatic hydroxyl groups excluding tert-OH is 1. The van der Waals surface area contributed by atoms with Crippen molar-refractivity contribution >= 4 is 35.1 Å². The Morgan fingerprint density at radius 1 is 1.17 bits per heavy atom. The Labute approximate surface area is 217 Å². The number of aliphatic hydroxyl groups is 1. The molecule has 0 saturated carbocycles. The molecule has 11 heteroatoms. The van der Waals surface area contributed by atoms with Crippen LogP contribution in [-0.4, -0.2) is 44.6 Å². The number of hydrogen-bond acceptors (Lipinski definition) is 5. The monoisotopic (exact) mass is 537 g/mol. The van der Waals surface area contributed by atoms with Gasteiger partial charge in [-0.15, -0.1) is 0 Å². The summed E-state index contributed by atoms with van der Waals surface area (Å²) in [4.78, 5) is 24.6. The maximum absolute atomic E-state index is 14.6. The van der Waals surface area contributed by atoms with Crippen molar-refractivity contribution < 1.29 is 28.9 Å². The number of benzene rings is 2. The number of hydrogen-bond donors (Lipinski definition) is 3. The molecule has 0 spiro atoms. The van der Waals surface area contributed by atoms with Crippen LogP contribution in [0, 0.1) is 11.2 Å². The number of nitrogens with zero attached hydrogens (tertiary/aromatic N) is 2. The van der Waals surface area contributed by atoms with Gasteiger partial charge >= 0.3 is 5.97 Å². The third-order valence-corrected chi connectivity index (χ3v) is 6.25. The minimum atomic E-state index is -1.17. The van der Waals surface area contributed by atoms with Gasteiger partial charge in [-0.2, -0.15) is 9.78 Å². The highest BCUT2D eigenvalue weighted by Gasteiger charge is 2.27. The van der Waals surface area contributed by atoms with Crippen LogP contribution in [0.2, 0.25) is 10.0 Å². The summed E-state index contributed by atoms with van der Waals surface area (Å²) in [5.41, 5.74) is -0.300. The smallest absolute Gasteiger partial charge is 0.305 e. The lowest BCUT2D eigenvalue weighted by molar-refractivity contribution is -0.137. The molecule has 3 N–H and O–H groups in total. The molecule has 0 saturated heterocycles. The van der Waals surface area contributed by atoms with Gasteiger partial charge in [-0.3, -0.25) is 9.59 Å². The molecule has 0 radical (unpaired) electrons. The van der Waals surface area contributed by atoms with Crippen LogP contribution in [0.5, 0.6) is 5.88 Å². The number of halogens is 3. The lowest BCUT2D eigenvalue weighted by atomic mass is 9.90. The average molecular weight is 538 g/mol. The Hall–Kier alpha value is -3.14. The first-order chi connectivity index (χ1) is 16.9. The molecule has 0 aliphatic carbocycles. The van der Waals surface area contributed by atoms with Crippen molar-refractivity contribution in [2.45, 2.75) is 39.3 Å². The highest BCUT2D eigenvalue weighted by Crippen LogP contribution is 2.32. The number of carboxylic acid groups (broad SMARTS) is 1. The van der Waals surface area contributed by atoms with Gasteiger partial charge in [0.25, 0.3) is 5.91 Å². The molecule has 3 aromatic rings. The number of aliphatic carboxylic acids is 1. The van der Waals surface area contributed by atoms with Crippen molar-refractivity contribution in [3.63, 3.8) is 0 Å². The SMILES string of the molecule is CC(C)(C)C(O)COc1cc(C(=O)NC(CC(=O)O)c2cccc(Cl)c2Cl)nn1-c1ccccc1F. The molecule has 0 fully saturated rings. The first-order valence-electron chi connectivity index (χ1n) is 11.0. The molecule has 0 bridgehead atoms. The number of aromatic nitrogens is 2. The van der Waals surface area contributed by atoms with Crippen molar-refractivity contribution in [3.8, 4) is 11.6 Å². The second-order valence-electron chi connectivity index (χ2n) is 9.19. The molecule has 2 aromatic carbocycles. The normalized spacial score (nSPS) is 13.2. The quantitative estimate of drug-likeness (QED) is 0.352. The van der Waals surface area contributed by atoms with E-state index in [1.54, 1.807) is 24.3 Å². The molecule has 1 amide bonds. The van der Waals surface area contributed by atoms with E-state index in [1.165, 1.54) is 24.3 Å². The molecule has 1 aromatic heterocycles. The molecule has 2 unspecified atom stereocenters. The van der Waals surface area contributed by atoms with Gasteiger partial charge in [0.05, 0.1) is 28.6 Å². The van der Waals surface area contributed by atoms with Gasteiger partial charge in [-0.1, -0.05) is 68.2 Å². The van der Waals surface area contributed by atoms with Gasteiger partial charge in [0.2, 0.25) is 5.88 Å². The van der Waals surface area contributed by atoms with Gasteiger partial charge in [0.1, 0.15) is 18.1 Å². The number of nitrogens with one attached hydrogen (secondary N) is 1. The van der Waals surface area contributed by atoms with Crippen LogP contribution in [-0.2, 0) is 4.79 Å². The number of carbonyl (C=O) groups excluding carboxylic acids is 1. The molecule has 3 rings (SSSR count). The summed E-state index contributed by atoms with van der Waals surface area (Å²) in [5.74, 6) is -2.51. The average Bonchev–Trinajstić information content (AvgIpc) is 3.22. The minimum Gasteiger partial charge on any atom is -0.481 e. The second kappa shape index (κ2) is 11.3. The third-order valence-electron chi connectivity index (χ3n) is 5.42. The van der Waals surface area contributed by atoms with Crippen molar-refractivity contribution in [2.75, 3.05) is 6.61 Å². The third kappa shape index (κ3) is 6.54. The van der Waals surface area contributed by atoms with E-state index < -0.39 is 41.7 Å². The number of carbonyl (C=O) groups is 2. The Morgan fingerprint density at radius 2 is 1.86 bits per heavy atom. The fourth-order valence-corrected chi connectivity index (χ4v) is 3.66. The van der Waals surface area contributed by atoms with Crippen molar-refractivity contribution in [1.29, 1.82) is 0 Å². The Balaban J connectivity index is 1.96. The predicted molar refractivity (Wildman–Crippen MR) is 133 cm³/mol. The summed E-state index contributed by atoms with van der Waals surface area (Å²) in [7, 11) is 0. The molecule has 2 atom stereocenters. The minimum absolute atomic E-state index is 0.0177. The van der Waals surface area contributed by atoms with Crippen LogP contribution in [0.3, 0.4) is 0 Å². The van der Waals surface area contributed by atoms with E-state index >= 15 is 0 Å². The number of carboxylic acids is 1. The highest BCUT2D eigenvalue weighted by molar-refractivity contribution is 6.42. The first-order valence-corrected chi connectivity index (χ1v) is 11.8. The predicted octanol–water partition coefficient (Wildman–Crippen LogP) is 5.05. The van der Waals surface area contributed by atoms with E-state index in [1.807, 2.05) is 20.8 Å². The first kappa shape index (κ1) is 27.4. The number of para-hydroxylation sites is 1. The molecular formula is C25H26Cl2FN3O5. The van der Waals surface area contributed by atoms with E-state index in [0.717, 1.165) is 4.68 Å². The fraction of sp³-hybridized carbons (Fsp3) is 0.320. The zero-order valence-corrected chi connectivity index (χ0v) is 21.3. The van der Waals surface area contributed by atoms with Gasteiger partial charge in [0.15, 0.2) is 5.69 Å². The van der Waals surface area contributed by atoms with Crippen LogP contribution >= 0.6 is 23.2 Å². The fourth-order valence-electron chi connectivity index (χ4n) is 3.22. The lowest BCUT2D eigenvalue weighted by Gasteiger charge is -2.25. The molecule has 1 heterocycles. The summed E-state index contributed by atoms with van der Waals surface area (Å²) in [6, 6.07) is 10.7. The topological polar surface area (TPSA) is 114 Å². The maximum atomic E-state index is 14.6. The Kier molecular flexibility index (Phi) is 8.60. The number of amides is 1. The zero-order chi connectivity index (χ0) is 26.6. The number of ether oxygens (including phenoxy) is 1. The van der Waals surface area contributed by atoms with Crippen LogP contribution in [0.1, 0.15) is 49.3 Å². The largest absolute Gasteiger partial charge is 0.481 e. The number of rotatable bonds is 9. The van der Waals surface area contributed by atoms with Gasteiger partial charge in [0, 0.05) is 6.07 Å². The standard InChI is InChI=1S/C25H26Cl2FN3O5/c1-25(2,3)20(32)13-36-21-11-18(30-31(21)19-10-5-4-9-16(19)28)24(35)29-17(12-22(33)34)14-7-6-8-15(26)23(14)27/h4-11,17,20,32H,12-13H2,1-3H3,(H,29,35)(H,33,34). The van der Waals surface area contributed by atoms with Gasteiger partial charge in [-0.05, 0) is 29.2 Å². The van der Waals surface area contributed by atoms with Crippen LogP contribution in [0.15, 0.2) is 48.5 Å². The summed E-state index contributed by atoms with van der Waals surface area (Å²) >= 11 is 12.3. The highest BCUT2D eigenvalue weighted by atomic mass is 35.5. The summed E-state index contributed by atoms with van der Waals surface area (Å²) in [6.07, 6.45) is -1.33. The maximum Gasteiger partial charge on any atom is 0.305 e. The molecule has 8 nitrogen and oxygen atoms in total. The molecule has 36 heavy (non-hydrogen) atoms. The van der Waals surface area contributed by atoms with Crippen LogP contribution in [0.25, 0.3) is 5.69 Å². The van der Waals surface area contributed by atoms with E-state index in [9.17, 15) is 24.2 Å². The van der Waals surface area contributed by atoms with E-state index in [2.05, 4.69) is 10.4 Å². The molecular weight excluding hydrogens is 512 g/mol.